The van der Waals surface area contributed by atoms with E-state index in [1.165, 1.54) is 89.0 Å². The first kappa shape index (κ1) is 53.2. The normalized spacial score (nSPS) is 24.5. The number of allylic oxidation sites excluding steroid dienone is 1. The van der Waals surface area contributed by atoms with Gasteiger partial charge >= 0.3 is 0 Å². The van der Waals surface area contributed by atoms with Crippen molar-refractivity contribution in [1.29, 1.82) is 0 Å². The first-order valence-corrected chi connectivity index (χ1v) is 28.4. The molecule has 8 nitrogen and oxygen atoms in total. The number of benzene rings is 3. The van der Waals surface area contributed by atoms with E-state index >= 15 is 0 Å². The van der Waals surface area contributed by atoms with Gasteiger partial charge in [-0.05, 0) is 110 Å². The number of fused-ring (bicyclic) bond motifs is 2. The smallest absolute Gasteiger partial charge is 0.230 e. The van der Waals surface area contributed by atoms with Crippen LogP contribution in [0.25, 0.3) is 11.1 Å². The predicted octanol–water partition coefficient (Wildman–Crippen LogP) is 15.5. The topological polar surface area (TPSA) is 99.0 Å². The van der Waals surface area contributed by atoms with Gasteiger partial charge in [0.1, 0.15) is 17.2 Å². The van der Waals surface area contributed by atoms with E-state index in [1.807, 2.05) is 42.1 Å². The molecule has 1 saturated carbocycles. The largest absolute Gasteiger partial charge is 0.460 e. The van der Waals surface area contributed by atoms with Gasteiger partial charge in [-0.25, -0.2) is 0 Å². The second-order valence-electron chi connectivity index (χ2n) is 20.1. The zero-order valence-electron chi connectivity index (χ0n) is 42.1. The van der Waals surface area contributed by atoms with E-state index in [2.05, 4.69) is 68.1 Å². The van der Waals surface area contributed by atoms with Gasteiger partial charge in [-0.1, -0.05) is 163 Å². The molecule has 69 heavy (non-hydrogen) atoms. The summed E-state index contributed by atoms with van der Waals surface area (Å²) in [5.41, 5.74) is 5.55. The monoisotopic (exact) mass is 964 g/mol. The Labute approximate surface area is 420 Å². The Morgan fingerprint density at radius 1 is 0.754 bits per heavy atom. The number of aliphatic hydroxyl groups is 2. The van der Waals surface area contributed by atoms with E-state index in [1.54, 1.807) is 0 Å². The lowest BCUT2D eigenvalue weighted by molar-refractivity contribution is -0.223. The fourth-order valence-corrected chi connectivity index (χ4v) is 12.9. The van der Waals surface area contributed by atoms with Crippen LogP contribution in [-0.2, 0) is 14.3 Å². The number of rotatable bonds is 32. The number of oxime groups is 1. The molecule has 7 atom stereocenters. The molecular formula is C60H85NO7S. The number of hydrogen-bond acceptors (Lipinski definition) is 9. The number of ether oxygens (including phenoxy) is 4. The van der Waals surface area contributed by atoms with Crippen molar-refractivity contribution >= 4 is 17.5 Å². The molecule has 2 heterocycles. The summed E-state index contributed by atoms with van der Waals surface area (Å²) >= 11 is 1.98. The number of hydrogen-bond donors (Lipinski definition) is 2. The fourth-order valence-electron chi connectivity index (χ4n) is 11.5. The average Bonchev–Trinajstić information content (AvgIpc) is 3.38. The van der Waals surface area contributed by atoms with Gasteiger partial charge in [-0.15, -0.1) is 6.58 Å². The molecule has 0 bridgehead atoms. The third kappa shape index (κ3) is 15.0. The van der Waals surface area contributed by atoms with Crippen molar-refractivity contribution in [1.82, 2.24) is 0 Å². The van der Waals surface area contributed by atoms with Gasteiger partial charge in [0, 0.05) is 37.5 Å². The van der Waals surface area contributed by atoms with Crippen molar-refractivity contribution in [2.24, 2.45) is 22.9 Å². The van der Waals surface area contributed by atoms with Crippen LogP contribution in [0, 0.1) is 17.8 Å². The third-order valence-electron chi connectivity index (χ3n) is 15.1. The molecule has 378 valence electrons. The van der Waals surface area contributed by atoms with Crippen LogP contribution in [0.15, 0.2) is 102 Å². The first-order valence-electron chi connectivity index (χ1n) is 27.4. The summed E-state index contributed by atoms with van der Waals surface area (Å²) in [6.07, 6.45) is 31.5. The maximum absolute atomic E-state index is 10.1. The van der Waals surface area contributed by atoms with Crippen molar-refractivity contribution in [3.63, 3.8) is 0 Å². The Kier molecular flexibility index (Phi) is 22.4. The lowest BCUT2D eigenvalue weighted by atomic mass is 9.56. The Bertz CT molecular complexity index is 2000. The van der Waals surface area contributed by atoms with Crippen molar-refractivity contribution < 1.29 is 34.0 Å². The Morgan fingerprint density at radius 2 is 1.42 bits per heavy atom. The predicted molar refractivity (Wildman–Crippen MR) is 284 cm³/mol. The summed E-state index contributed by atoms with van der Waals surface area (Å²) in [6, 6.07) is 25.1. The van der Waals surface area contributed by atoms with Crippen LogP contribution < -0.4 is 9.47 Å². The molecular weight excluding hydrogens is 879 g/mol. The van der Waals surface area contributed by atoms with Gasteiger partial charge in [0.25, 0.3) is 0 Å². The SMILES string of the molecule is C=CCOC12Oc3ccc(Oc4ccc(-c5ccccc5)cc4)cc3C3C(CCCCO)C(CCCCO)C=C(C(=NOC4CCCCO4)CC1SCCCCCCCCCCCCCCCC)C32. The molecule has 7 rings (SSSR count). The molecule has 1 saturated heterocycles. The summed E-state index contributed by atoms with van der Waals surface area (Å²) in [6.45, 7) is 7.81. The summed E-state index contributed by atoms with van der Waals surface area (Å²) in [4.78, 5) is 6.36. The maximum Gasteiger partial charge on any atom is 0.230 e. The quantitative estimate of drug-likeness (QED) is 0.0363. The van der Waals surface area contributed by atoms with Gasteiger partial charge in [-0.3, -0.25) is 0 Å². The number of aliphatic hydroxyl groups excluding tert-OH is 2. The molecule has 0 radical (unpaired) electrons. The van der Waals surface area contributed by atoms with Crippen molar-refractivity contribution in [2.45, 2.75) is 184 Å². The van der Waals surface area contributed by atoms with Crippen molar-refractivity contribution in [3.05, 3.63) is 103 Å². The molecule has 2 aliphatic carbocycles. The first-order chi connectivity index (χ1) is 34.1. The third-order valence-corrected chi connectivity index (χ3v) is 16.5. The van der Waals surface area contributed by atoms with E-state index < -0.39 is 5.79 Å². The van der Waals surface area contributed by atoms with Crippen LogP contribution in [0.3, 0.4) is 0 Å². The van der Waals surface area contributed by atoms with Crippen molar-refractivity contribution in [2.75, 3.05) is 32.2 Å². The highest BCUT2D eigenvalue weighted by molar-refractivity contribution is 8.00. The van der Waals surface area contributed by atoms with E-state index in [-0.39, 0.29) is 48.4 Å². The van der Waals surface area contributed by atoms with Crippen LogP contribution in [0.4, 0.5) is 0 Å². The van der Waals surface area contributed by atoms with Crippen molar-refractivity contribution in [3.8, 4) is 28.4 Å². The molecule has 4 aliphatic rings. The molecule has 7 unspecified atom stereocenters. The van der Waals surface area contributed by atoms with Gasteiger partial charge in [0.15, 0.2) is 0 Å². The van der Waals surface area contributed by atoms with Crippen LogP contribution in [0.2, 0.25) is 0 Å². The number of thioether (sulfide) groups is 1. The lowest BCUT2D eigenvalue weighted by Gasteiger charge is -2.58. The molecule has 2 fully saturated rings. The highest BCUT2D eigenvalue weighted by Crippen LogP contribution is 2.63. The van der Waals surface area contributed by atoms with E-state index in [9.17, 15) is 10.2 Å². The minimum absolute atomic E-state index is 0.000907. The van der Waals surface area contributed by atoms with Crippen LogP contribution in [0.5, 0.6) is 17.2 Å². The molecule has 0 amide bonds. The molecule has 0 aromatic heterocycles. The molecule has 2 N–H and O–H groups in total. The van der Waals surface area contributed by atoms with Crippen LogP contribution >= 0.6 is 11.8 Å². The van der Waals surface area contributed by atoms with E-state index in [4.69, 9.17) is 28.9 Å². The van der Waals surface area contributed by atoms with E-state index in [0.29, 0.717) is 19.6 Å². The highest BCUT2D eigenvalue weighted by atomic mass is 32.2. The summed E-state index contributed by atoms with van der Waals surface area (Å²) in [5.74, 6) is 2.64. The minimum Gasteiger partial charge on any atom is -0.460 e. The van der Waals surface area contributed by atoms with Crippen LogP contribution in [0.1, 0.15) is 173 Å². The van der Waals surface area contributed by atoms with Gasteiger partial charge in [-0.2, -0.15) is 11.8 Å². The summed E-state index contributed by atoms with van der Waals surface area (Å²) < 4.78 is 27.4. The standard InChI is InChI=1S/C60H85NO7S/c1-3-5-6-7-8-9-10-11-12-13-14-15-16-26-42-69-56-45-54(61-68-57-31-22-25-41-64-57)52-43-48(29-20-23-38-62)51(30-21-24-39-63)58-53-44-50(36-37-55(53)67-60(56,59(52)58)65-40-4-2)66-49-34-32-47(33-35-49)46-27-18-17-19-28-46/h4,17-19,27-28,32-37,43-44,48,51,56-59,62-63H,2-3,5-16,20-26,29-31,38-42,45H2,1H3. The fraction of sp³-hybridized carbons (Fsp3) is 0.617. The second-order valence-corrected chi connectivity index (χ2v) is 21.4. The number of unbranched alkanes of at least 4 members (excludes halogenated alkanes) is 15. The minimum atomic E-state index is -0.986. The lowest BCUT2D eigenvalue weighted by Crippen LogP contribution is -2.64. The molecule has 0 spiro atoms. The highest BCUT2D eigenvalue weighted by Gasteiger charge is 2.64. The zero-order valence-corrected chi connectivity index (χ0v) is 42.9. The summed E-state index contributed by atoms with van der Waals surface area (Å²) in [7, 11) is 0. The Balaban J connectivity index is 1.17. The Hall–Kier alpha value is -3.60. The Morgan fingerprint density at radius 3 is 2.09 bits per heavy atom. The average molecular weight is 964 g/mol. The molecule has 2 aliphatic heterocycles. The molecule has 9 heteroatoms. The van der Waals surface area contributed by atoms with Crippen LogP contribution in [-0.4, -0.2) is 65.4 Å². The van der Waals surface area contributed by atoms with Gasteiger partial charge in [0.05, 0.1) is 30.1 Å². The number of nitrogens with zero attached hydrogens (tertiary/aromatic N) is 1. The maximum atomic E-state index is 10.1. The molecule has 3 aromatic carbocycles. The van der Waals surface area contributed by atoms with Gasteiger partial charge in [0.2, 0.25) is 12.1 Å². The van der Waals surface area contributed by atoms with Gasteiger partial charge < -0.3 is 34.0 Å². The van der Waals surface area contributed by atoms with E-state index in [0.717, 1.165) is 110 Å². The molecule has 3 aromatic rings. The second kappa shape index (κ2) is 29.0. The zero-order chi connectivity index (χ0) is 47.9. The summed E-state index contributed by atoms with van der Waals surface area (Å²) in [5, 5.41) is 25.0.